The lowest BCUT2D eigenvalue weighted by molar-refractivity contribution is -0.276. The molecule has 0 aromatic rings. The Morgan fingerprint density at radius 2 is 1.55 bits per heavy atom. The molecule has 8 unspecified atom stereocenters. The number of esters is 2. The molecule has 8 bridgehead atoms. The normalized spacial score (nSPS) is 46.0. The van der Waals surface area contributed by atoms with Gasteiger partial charge >= 0.3 is 11.9 Å². The summed E-state index contributed by atoms with van der Waals surface area (Å²) >= 11 is 0. The van der Waals surface area contributed by atoms with Crippen LogP contribution in [-0.2, 0) is 28.5 Å². The van der Waals surface area contributed by atoms with Crippen molar-refractivity contribution in [3.05, 3.63) is 0 Å². The maximum absolute atomic E-state index is 13.7. The third kappa shape index (κ3) is 5.56. The van der Waals surface area contributed by atoms with E-state index in [1.165, 1.54) is 0 Å². The zero-order valence-corrected chi connectivity index (χ0v) is 27.5. The Labute approximate surface area is 263 Å². The van der Waals surface area contributed by atoms with E-state index in [0.717, 1.165) is 89.9 Å². The third-order valence-electron chi connectivity index (χ3n) is 13.5. The van der Waals surface area contributed by atoms with Crippen molar-refractivity contribution < 1.29 is 38.7 Å². The quantitative estimate of drug-likeness (QED) is 0.226. The van der Waals surface area contributed by atoms with Crippen molar-refractivity contribution in [2.45, 2.75) is 160 Å². The van der Waals surface area contributed by atoms with Crippen molar-refractivity contribution in [3.63, 3.8) is 0 Å². The highest BCUT2D eigenvalue weighted by Gasteiger charge is 2.66. The first kappa shape index (κ1) is 31.4. The van der Waals surface area contributed by atoms with Gasteiger partial charge in [-0.05, 0) is 127 Å². The number of carbonyl (C=O) groups is 2. The Hall–Kier alpha value is -1.22. The maximum Gasteiger partial charge on any atom is 0.314 e. The van der Waals surface area contributed by atoms with Gasteiger partial charge in [0.05, 0.1) is 29.1 Å². The van der Waals surface area contributed by atoms with Gasteiger partial charge in [0.1, 0.15) is 5.60 Å². The molecule has 8 heteroatoms. The summed E-state index contributed by atoms with van der Waals surface area (Å²) in [6.07, 6.45) is 12.6. The Morgan fingerprint density at radius 1 is 0.909 bits per heavy atom. The molecule has 8 atom stereocenters. The fraction of sp³-hybridized carbons (Fsp3) is 0.944. The summed E-state index contributed by atoms with van der Waals surface area (Å²) in [4.78, 5) is 27.1. The molecule has 1 saturated heterocycles. The van der Waals surface area contributed by atoms with Crippen LogP contribution in [0.15, 0.2) is 0 Å². The number of aliphatic hydroxyl groups excluding tert-OH is 1. The minimum atomic E-state index is -1.04. The first-order valence-corrected chi connectivity index (χ1v) is 17.8. The largest absolute Gasteiger partial charge is 0.459 e. The Morgan fingerprint density at radius 3 is 2.14 bits per heavy atom. The summed E-state index contributed by atoms with van der Waals surface area (Å²) in [5, 5.41) is 22.5. The van der Waals surface area contributed by atoms with Gasteiger partial charge in [-0.1, -0.05) is 13.8 Å². The van der Waals surface area contributed by atoms with Crippen LogP contribution in [0.4, 0.5) is 0 Å². The average Bonchev–Trinajstić information content (AvgIpc) is 2.91. The molecule has 0 aromatic heterocycles. The lowest BCUT2D eigenvalue weighted by Gasteiger charge is -2.65. The van der Waals surface area contributed by atoms with Crippen LogP contribution >= 0.6 is 0 Å². The van der Waals surface area contributed by atoms with E-state index < -0.39 is 34.8 Å². The number of ether oxygens (including phenoxy) is 4. The van der Waals surface area contributed by atoms with Crippen LogP contribution in [0.3, 0.4) is 0 Å². The van der Waals surface area contributed by atoms with E-state index in [1.54, 1.807) is 0 Å². The zero-order valence-electron chi connectivity index (χ0n) is 27.5. The molecule has 9 aliphatic rings. The van der Waals surface area contributed by atoms with Gasteiger partial charge in [0.15, 0.2) is 6.29 Å². The number of carbonyl (C=O) groups excluding carboxylic acids is 2. The predicted molar refractivity (Wildman–Crippen MR) is 162 cm³/mol. The SMILES string of the molecule is CC(CC(C)C(O)OC(C)(C)C12CC3CC(CC(C(=O)OC4CCCCO4)(C3)C1)C2)C(=O)OC12CC3CC(CC(O)(C3)C1)C2. The van der Waals surface area contributed by atoms with Crippen LogP contribution in [0, 0.1) is 46.3 Å². The molecule has 9 rings (SSSR count). The maximum atomic E-state index is 13.7. The molecule has 8 aliphatic carbocycles. The van der Waals surface area contributed by atoms with Crippen molar-refractivity contribution in [3.8, 4) is 0 Å². The van der Waals surface area contributed by atoms with Crippen molar-refractivity contribution in [1.82, 2.24) is 0 Å². The van der Waals surface area contributed by atoms with Crippen LogP contribution in [0.5, 0.6) is 0 Å². The molecule has 0 radical (unpaired) electrons. The molecule has 0 amide bonds. The minimum absolute atomic E-state index is 0.0916. The first-order valence-electron chi connectivity index (χ1n) is 17.8. The smallest absolute Gasteiger partial charge is 0.314 e. The van der Waals surface area contributed by atoms with Crippen LogP contribution in [0.25, 0.3) is 0 Å². The topological polar surface area (TPSA) is 112 Å². The van der Waals surface area contributed by atoms with Gasteiger partial charge in [-0.25, -0.2) is 0 Å². The summed E-state index contributed by atoms with van der Waals surface area (Å²) in [6.45, 7) is 8.67. The fourth-order valence-corrected chi connectivity index (χ4v) is 12.1. The van der Waals surface area contributed by atoms with Gasteiger partial charge in [-0.3, -0.25) is 9.59 Å². The molecule has 2 N–H and O–H groups in total. The molecular weight excluding hydrogens is 560 g/mol. The molecule has 9 fully saturated rings. The van der Waals surface area contributed by atoms with Crippen LogP contribution in [0.2, 0.25) is 0 Å². The Kier molecular flexibility index (Phi) is 7.79. The summed E-state index contributed by atoms with van der Waals surface area (Å²) in [6, 6.07) is 0. The van der Waals surface area contributed by atoms with Crippen molar-refractivity contribution in [2.24, 2.45) is 46.3 Å². The van der Waals surface area contributed by atoms with Crippen LogP contribution in [0.1, 0.15) is 130 Å². The zero-order chi connectivity index (χ0) is 31.1. The predicted octanol–water partition coefficient (Wildman–Crippen LogP) is 6.05. The highest BCUT2D eigenvalue weighted by molar-refractivity contribution is 5.78. The summed E-state index contributed by atoms with van der Waals surface area (Å²) in [5.41, 5.74) is -2.56. The van der Waals surface area contributed by atoms with E-state index in [2.05, 4.69) is 13.8 Å². The Bertz CT molecular complexity index is 1100. The molecule has 8 saturated carbocycles. The van der Waals surface area contributed by atoms with E-state index in [0.29, 0.717) is 43.1 Å². The second-order valence-electron chi connectivity index (χ2n) is 17.6. The van der Waals surface area contributed by atoms with Gasteiger partial charge in [0.2, 0.25) is 6.29 Å². The van der Waals surface area contributed by atoms with Crippen LogP contribution in [-0.4, -0.2) is 58.1 Å². The van der Waals surface area contributed by atoms with Crippen molar-refractivity contribution >= 4 is 11.9 Å². The molecule has 0 spiro atoms. The van der Waals surface area contributed by atoms with Gasteiger partial charge < -0.3 is 29.2 Å². The number of hydrogen-bond acceptors (Lipinski definition) is 8. The fourth-order valence-electron chi connectivity index (χ4n) is 12.1. The van der Waals surface area contributed by atoms with E-state index in [1.807, 2.05) is 13.8 Å². The van der Waals surface area contributed by atoms with Gasteiger partial charge in [0, 0.05) is 24.2 Å². The lowest BCUT2D eigenvalue weighted by Crippen LogP contribution is -2.63. The van der Waals surface area contributed by atoms with Crippen molar-refractivity contribution in [2.75, 3.05) is 6.61 Å². The van der Waals surface area contributed by atoms with E-state index in [-0.39, 0.29) is 29.2 Å². The highest BCUT2D eigenvalue weighted by atomic mass is 16.7. The average molecular weight is 617 g/mol. The van der Waals surface area contributed by atoms with E-state index in [9.17, 15) is 19.8 Å². The lowest BCUT2D eigenvalue weighted by atomic mass is 9.41. The van der Waals surface area contributed by atoms with E-state index in [4.69, 9.17) is 18.9 Å². The summed E-state index contributed by atoms with van der Waals surface area (Å²) in [7, 11) is 0. The van der Waals surface area contributed by atoms with Gasteiger partial charge in [-0.15, -0.1) is 0 Å². The molecule has 44 heavy (non-hydrogen) atoms. The number of hydrogen-bond donors (Lipinski definition) is 2. The second kappa shape index (κ2) is 10.9. The highest BCUT2D eigenvalue weighted by Crippen LogP contribution is 2.69. The molecule has 8 nitrogen and oxygen atoms in total. The molecule has 1 aliphatic heterocycles. The molecule has 0 aromatic carbocycles. The second-order valence-corrected chi connectivity index (χ2v) is 17.6. The summed E-state index contributed by atoms with van der Waals surface area (Å²) in [5.74, 6) is 0.862. The molecule has 1 heterocycles. The van der Waals surface area contributed by atoms with Crippen molar-refractivity contribution in [1.29, 1.82) is 0 Å². The third-order valence-corrected chi connectivity index (χ3v) is 13.5. The first-order chi connectivity index (χ1) is 20.7. The standard InChI is InChI=1S/C36H56O8/c1-22(9-23(2)30(38)44-36-18-26-11-27(19-36)17-35(40,16-26)21-36)29(37)43-32(3,4)34-14-24-10-25(15-34)13-33(12-24,20-34)31(39)42-28-7-5-6-8-41-28/h22-29,37,40H,5-21H2,1-4H3. The number of rotatable bonds is 10. The Balaban J connectivity index is 0.977. The van der Waals surface area contributed by atoms with Crippen LogP contribution < -0.4 is 0 Å². The number of aliphatic hydroxyl groups is 2. The van der Waals surface area contributed by atoms with Gasteiger partial charge in [0.25, 0.3) is 0 Å². The monoisotopic (exact) mass is 616 g/mol. The van der Waals surface area contributed by atoms with E-state index >= 15 is 0 Å². The minimum Gasteiger partial charge on any atom is -0.459 e. The van der Waals surface area contributed by atoms with Gasteiger partial charge in [-0.2, -0.15) is 0 Å². The molecule has 248 valence electrons. The molecular formula is C36H56O8. The summed E-state index contributed by atoms with van der Waals surface area (Å²) < 4.78 is 24.6.